The molecule has 1 heterocycles. The van der Waals surface area contributed by atoms with Gasteiger partial charge in [-0.1, -0.05) is 42.5 Å². The molecule has 0 aliphatic rings. The lowest BCUT2D eigenvalue weighted by atomic mass is 10.1. The number of benzene rings is 2. The molecule has 3 aromatic rings. The number of carbonyl (C=O) groups excluding carboxylic acids is 1. The van der Waals surface area contributed by atoms with E-state index in [1.54, 1.807) is 11.3 Å². The monoisotopic (exact) mass is 353 g/mol. The van der Waals surface area contributed by atoms with Crippen LogP contribution in [-0.2, 0) is 17.6 Å². The molecule has 2 N–H and O–H groups in total. The van der Waals surface area contributed by atoms with Gasteiger partial charge in [-0.05, 0) is 24.1 Å². The van der Waals surface area contributed by atoms with Crippen molar-refractivity contribution < 1.29 is 4.79 Å². The van der Waals surface area contributed by atoms with Crippen LogP contribution in [0, 0.1) is 0 Å². The molecule has 5 heteroatoms. The Hall–Kier alpha value is -2.24. The van der Waals surface area contributed by atoms with E-state index >= 15 is 0 Å². The van der Waals surface area contributed by atoms with Crippen LogP contribution in [0.25, 0.3) is 10.2 Å². The van der Waals surface area contributed by atoms with E-state index in [4.69, 9.17) is 5.73 Å². The Bertz CT molecular complexity index is 783. The first-order chi connectivity index (χ1) is 12.3. The Kier molecular flexibility index (Phi) is 6.14. The van der Waals surface area contributed by atoms with Crippen molar-refractivity contribution in [2.45, 2.75) is 19.3 Å². The van der Waals surface area contributed by atoms with Gasteiger partial charge >= 0.3 is 0 Å². The number of hydrogen-bond donors (Lipinski definition) is 1. The molecule has 130 valence electrons. The van der Waals surface area contributed by atoms with E-state index in [1.165, 1.54) is 10.3 Å². The van der Waals surface area contributed by atoms with Gasteiger partial charge in [-0.3, -0.25) is 4.79 Å². The fourth-order valence-electron chi connectivity index (χ4n) is 2.82. The summed E-state index contributed by atoms with van der Waals surface area (Å²) in [5, 5.41) is 1.02. The molecule has 0 radical (unpaired) electrons. The molecule has 0 aliphatic heterocycles. The number of aromatic nitrogens is 1. The molecular weight excluding hydrogens is 330 g/mol. The summed E-state index contributed by atoms with van der Waals surface area (Å²) < 4.78 is 1.17. The second kappa shape index (κ2) is 8.74. The number of thiazole rings is 1. The lowest BCUT2D eigenvalue weighted by Crippen LogP contribution is -2.37. The number of hydrogen-bond acceptors (Lipinski definition) is 4. The van der Waals surface area contributed by atoms with Crippen molar-refractivity contribution in [1.29, 1.82) is 0 Å². The lowest BCUT2D eigenvalue weighted by molar-refractivity contribution is -0.131. The minimum Gasteiger partial charge on any atom is -0.341 e. The third-order valence-electron chi connectivity index (χ3n) is 4.16. The third-order valence-corrected chi connectivity index (χ3v) is 5.25. The molecule has 0 fully saturated rings. The predicted octanol–water partition coefficient (Wildman–Crippen LogP) is 3.26. The molecule has 1 aromatic heterocycles. The maximum Gasteiger partial charge on any atom is 0.223 e. The smallest absolute Gasteiger partial charge is 0.223 e. The van der Waals surface area contributed by atoms with Crippen molar-refractivity contribution in [3.63, 3.8) is 0 Å². The molecule has 2 aromatic carbocycles. The van der Waals surface area contributed by atoms with Crippen LogP contribution in [0.5, 0.6) is 0 Å². The Morgan fingerprint density at radius 3 is 2.52 bits per heavy atom. The minimum atomic E-state index is 0.153. The standard InChI is InChI=1S/C20H23N3OS/c21-13-15-23(14-12-16-6-2-1-3-7-16)20(24)11-10-19-22-17-8-4-5-9-18(17)25-19/h1-9H,10-15,21H2. The fourth-order valence-corrected chi connectivity index (χ4v) is 3.79. The third kappa shape index (κ3) is 4.87. The average molecular weight is 353 g/mol. The van der Waals surface area contributed by atoms with Crippen molar-refractivity contribution >= 4 is 27.5 Å². The van der Waals surface area contributed by atoms with Gasteiger partial charge < -0.3 is 10.6 Å². The van der Waals surface area contributed by atoms with Crippen molar-refractivity contribution in [2.24, 2.45) is 5.73 Å². The van der Waals surface area contributed by atoms with Crippen molar-refractivity contribution in [2.75, 3.05) is 19.6 Å². The highest BCUT2D eigenvalue weighted by Crippen LogP contribution is 2.22. The molecule has 0 saturated carbocycles. The van der Waals surface area contributed by atoms with Gasteiger partial charge in [0.1, 0.15) is 0 Å². The highest BCUT2D eigenvalue weighted by Gasteiger charge is 2.14. The number of nitrogens with two attached hydrogens (primary N) is 1. The number of nitrogens with zero attached hydrogens (tertiary/aromatic N) is 2. The van der Waals surface area contributed by atoms with Crippen LogP contribution in [0.4, 0.5) is 0 Å². The molecule has 0 aliphatic carbocycles. The molecule has 0 atom stereocenters. The number of aryl methyl sites for hydroxylation is 1. The largest absolute Gasteiger partial charge is 0.341 e. The summed E-state index contributed by atoms with van der Waals surface area (Å²) in [5.41, 5.74) is 7.94. The number of fused-ring (bicyclic) bond motifs is 1. The van der Waals surface area contributed by atoms with Gasteiger partial charge in [0.05, 0.1) is 15.2 Å². The first kappa shape index (κ1) is 17.6. The highest BCUT2D eigenvalue weighted by atomic mass is 32.1. The lowest BCUT2D eigenvalue weighted by Gasteiger charge is -2.22. The highest BCUT2D eigenvalue weighted by molar-refractivity contribution is 7.18. The molecule has 0 saturated heterocycles. The maximum absolute atomic E-state index is 12.6. The summed E-state index contributed by atoms with van der Waals surface area (Å²) in [7, 11) is 0. The van der Waals surface area contributed by atoms with E-state index in [2.05, 4.69) is 23.2 Å². The van der Waals surface area contributed by atoms with Gasteiger partial charge in [0.15, 0.2) is 0 Å². The molecule has 0 spiro atoms. The van der Waals surface area contributed by atoms with Crippen LogP contribution in [0.2, 0.25) is 0 Å². The maximum atomic E-state index is 12.6. The minimum absolute atomic E-state index is 0.153. The number of carbonyl (C=O) groups is 1. The molecule has 1 amide bonds. The first-order valence-electron chi connectivity index (χ1n) is 8.62. The van der Waals surface area contributed by atoms with Gasteiger partial charge in [0, 0.05) is 32.5 Å². The molecular formula is C20H23N3OS. The van der Waals surface area contributed by atoms with E-state index in [9.17, 15) is 4.79 Å². The van der Waals surface area contributed by atoms with Crippen LogP contribution < -0.4 is 5.73 Å². The average Bonchev–Trinajstić information content (AvgIpc) is 3.07. The quantitative estimate of drug-likeness (QED) is 0.676. The second-order valence-corrected chi connectivity index (χ2v) is 7.10. The van der Waals surface area contributed by atoms with E-state index < -0.39 is 0 Å². The van der Waals surface area contributed by atoms with E-state index in [0.29, 0.717) is 32.5 Å². The Morgan fingerprint density at radius 2 is 1.76 bits per heavy atom. The zero-order valence-corrected chi connectivity index (χ0v) is 15.0. The molecule has 4 nitrogen and oxygen atoms in total. The second-order valence-electron chi connectivity index (χ2n) is 5.98. The Morgan fingerprint density at radius 1 is 1.00 bits per heavy atom. The molecule has 25 heavy (non-hydrogen) atoms. The Balaban J connectivity index is 1.56. The number of rotatable bonds is 8. The summed E-state index contributed by atoms with van der Waals surface area (Å²) in [5.74, 6) is 0.153. The fraction of sp³-hybridized carbons (Fsp3) is 0.300. The van der Waals surface area contributed by atoms with Crippen LogP contribution in [0.1, 0.15) is 17.0 Å². The zero-order valence-electron chi connectivity index (χ0n) is 14.2. The summed E-state index contributed by atoms with van der Waals surface area (Å²) in [6.07, 6.45) is 2.02. The summed E-state index contributed by atoms with van der Waals surface area (Å²) in [4.78, 5) is 19.1. The Labute approximate surface area is 152 Å². The van der Waals surface area contributed by atoms with Gasteiger partial charge in [0.25, 0.3) is 0 Å². The van der Waals surface area contributed by atoms with E-state index in [1.807, 2.05) is 41.3 Å². The summed E-state index contributed by atoms with van der Waals surface area (Å²) in [6.45, 7) is 1.80. The van der Waals surface area contributed by atoms with Crippen molar-refractivity contribution in [3.05, 3.63) is 65.2 Å². The predicted molar refractivity (Wildman–Crippen MR) is 104 cm³/mol. The van der Waals surface area contributed by atoms with Crippen LogP contribution >= 0.6 is 11.3 Å². The molecule has 0 unspecified atom stereocenters. The normalized spacial score (nSPS) is 10.9. The van der Waals surface area contributed by atoms with Crippen LogP contribution in [-0.4, -0.2) is 35.4 Å². The topological polar surface area (TPSA) is 59.2 Å². The number of amides is 1. The number of para-hydroxylation sites is 1. The van der Waals surface area contributed by atoms with E-state index in [0.717, 1.165) is 16.9 Å². The first-order valence-corrected chi connectivity index (χ1v) is 9.44. The summed E-state index contributed by atoms with van der Waals surface area (Å²) >= 11 is 1.67. The van der Waals surface area contributed by atoms with Crippen molar-refractivity contribution in [3.8, 4) is 0 Å². The van der Waals surface area contributed by atoms with Crippen LogP contribution in [0.15, 0.2) is 54.6 Å². The van der Waals surface area contributed by atoms with Crippen LogP contribution in [0.3, 0.4) is 0 Å². The summed E-state index contributed by atoms with van der Waals surface area (Å²) in [6, 6.07) is 18.3. The molecule has 3 rings (SSSR count). The zero-order chi connectivity index (χ0) is 17.5. The van der Waals surface area contributed by atoms with Crippen molar-refractivity contribution in [1.82, 2.24) is 9.88 Å². The van der Waals surface area contributed by atoms with Gasteiger partial charge in [0.2, 0.25) is 5.91 Å². The van der Waals surface area contributed by atoms with E-state index in [-0.39, 0.29) is 5.91 Å². The van der Waals surface area contributed by atoms with Gasteiger partial charge in [-0.25, -0.2) is 4.98 Å². The van der Waals surface area contributed by atoms with Gasteiger partial charge in [-0.2, -0.15) is 0 Å². The van der Waals surface area contributed by atoms with Gasteiger partial charge in [-0.15, -0.1) is 11.3 Å². The SMILES string of the molecule is NCCN(CCc1ccccc1)C(=O)CCc1nc2ccccc2s1. The molecule has 0 bridgehead atoms.